The van der Waals surface area contributed by atoms with E-state index in [0.717, 1.165) is 51.6 Å². The smallest absolute Gasteiger partial charge is 0.308 e. The van der Waals surface area contributed by atoms with Crippen LogP contribution in [-0.2, 0) is 19.1 Å². The summed E-state index contributed by atoms with van der Waals surface area (Å²) in [7, 11) is 1.43. The molecular formula is C15H25NO4. The Bertz CT molecular complexity index is 331. The summed E-state index contributed by atoms with van der Waals surface area (Å²) in [6.45, 7) is 0.780. The molecule has 0 aromatic carbocycles. The van der Waals surface area contributed by atoms with Gasteiger partial charge >= 0.3 is 5.97 Å². The van der Waals surface area contributed by atoms with Gasteiger partial charge in [-0.25, -0.2) is 0 Å². The van der Waals surface area contributed by atoms with Crippen LogP contribution in [0.1, 0.15) is 51.4 Å². The summed E-state index contributed by atoms with van der Waals surface area (Å²) in [6, 6.07) is 0.201. The van der Waals surface area contributed by atoms with E-state index in [-0.39, 0.29) is 29.9 Å². The predicted molar refractivity (Wildman–Crippen MR) is 74.1 cm³/mol. The molecule has 1 heterocycles. The highest BCUT2D eigenvalue weighted by Crippen LogP contribution is 2.25. The molecule has 2 rings (SSSR count). The van der Waals surface area contributed by atoms with Gasteiger partial charge in [-0.3, -0.25) is 9.59 Å². The van der Waals surface area contributed by atoms with Crippen molar-refractivity contribution in [3.8, 4) is 0 Å². The van der Waals surface area contributed by atoms with Crippen LogP contribution in [0.3, 0.4) is 0 Å². The molecule has 0 aromatic heterocycles. The van der Waals surface area contributed by atoms with Crippen molar-refractivity contribution in [1.29, 1.82) is 0 Å². The Kier molecular flexibility index (Phi) is 5.83. The zero-order chi connectivity index (χ0) is 14.4. The fraction of sp³-hybridized carbons (Fsp3) is 0.867. The zero-order valence-corrected chi connectivity index (χ0v) is 12.2. The average Bonchev–Trinajstić information content (AvgIpc) is 2.48. The minimum atomic E-state index is -0.120. The molecule has 2 fully saturated rings. The van der Waals surface area contributed by atoms with Crippen molar-refractivity contribution >= 4 is 11.9 Å². The van der Waals surface area contributed by atoms with Gasteiger partial charge in [-0.15, -0.1) is 0 Å². The maximum Gasteiger partial charge on any atom is 0.308 e. The minimum absolute atomic E-state index is 0.00910. The van der Waals surface area contributed by atoms with E-state index in [1.165, 1.54) is 7.11 Å². The van der Waals surface area contributed by atoms with Gasteiger partial charge in [-0.1, -0.05) is 0 Å². The molecule has 1 aliphatic heterocycles. The normalized spacial score (nSPS) is 30.6. The summed E-state index contributed by atoms with van der Waals surface area (Å²) in [6.07, 6.45) is 7.13. The number of ether oxygens (including phenoxy) is 2. The van der Waals surface area contributed by atoms with Crippen molar-refractivity contribution in [1.82, 2.24) is 5.32 Å². The molecule has 2 aliphatic rings. The third kappa shape index (κ3) is 4.47. The Morgan fingerprint density at radius 1 is 1.15 bits per heavy atom. The van der Waals surface area contributed by atoms with Gasteiger partial charge < -0.3 is 14.8 Å². The van der Waals surface area contributed by atoms with Crippen molar-refractivity contribution in [2.24, 2.45) is 5.92 Å². The molecule has 0 spiro atoms. The van der Waals surface area contributed by atoms with Crippen molar-refractivity contribution < 1.29 is 19.1 Å². The number of carbonyl (C=O) groups is 2. The van der Waals surface area contributed by atoms with Crippen LogP contribution in [0.25, 0.3) is 0 Å². The average molecular weight is 283 g/mol. The van der Waals surface area contributed by atoms with E-state index in [9.17, 15) is 9.59 Å². The number of esters is 1. The lowest BCUT2D eigenvalue weighted by molar-refractivity contribution is -0.146. The maximum absolute atomic E-state index is 12.0. The lowest BCUT2D eigenvalue weighted by atomic mass is 9.86. The van der Waals surface area contributed by atoms with Crippen LogP contribution in [0, 0.1) is 5.92 Å². The third-order valence-corrected chi connectivity index (χ3v) is 4.31. The third-order valence-electron chi connectivity index (χ3n) is 4.31. The molecule has 1 atom stereocenters. The Morgan fingerprint density at radius 2 is 1.90 bits per heavy atom. The first kappa shape index (κ1) is 15.3. The second-order valence-corrected chi connectivity index (χ2v) is 5.83. The SMILES string of the molecule is COC(=O)C1CCC(NC(=O)CC2CCCCO2)CC1. The lowest BCUT2D eigenvalue weighted by Crippen LogP contribution is -2.40. The van der Waals surface area contributed by atoms with Gasteiger partial charge in [0.2, 0.25) is 5.91 Å². The highest BCUT2D eigenvalue weighted by Gasteiger charge is 2.28. The fourth-order valence-corrected chi connectivity index (χ4v) is 3.10. The molecule has 0 bridgehead atoms. The number of carbonyl (C=O) groups excluding carboxylic acids is 2. The van der Waals surface area contributed by atoms with Crippen LogP contribution in [-0.4, -0.2) is 37.7 Å². The summed E-state index contributed by atoms with van der Waals surface area (Å²) >= 11 is 0. The molecule has 1 saturated carbocycles. The van der Waals surface area contributed by atoms with E-state index in [4.69, 9.17) is 9.47 Å². The second kappa shape index (κ2) is 7.62. The van der Waals surface area contributed by atoms with Gasteiger partial charge in [0.15, 0.2) is 0 Å². The van der Waals surface area contributed by atoms with Crippen molar-refractivity contribution in [2.45, 2.75) is 63.5 Å². The molecule has 0 radical (unpaired) electrons. The minimum Gasteiger partial charge on any atom is -0.469 e. The highest BCUT2D eigenvalue weighted by molar-refractivity contribution is 5.77. The summed E-state index contributed by atoms with van der Waals surface area (Å²) < 4.78 is 10.3. The molecule has 5 heteroatoms. The van der Waals surface area contributed by atoms with Crippen LogP contribution in [0.4, 0.5) is 0 Å². The number of hydrogen-bond donors (Lipinski definition) is 1. The molecule has 1 amide bonds. The number of rotatable bonds is 4. The van der Waals surface area contributed by atoms with Crippen molar-refractivity contribution in [2.75, 3.05) is 13.7 Å². The summed E-state index contributed by atoms with van der Waals surface area (Å²) in [5, 5.41) is 3.07. The molecule has 1 aliphatic carbocycles. The summed E-state index contributed by atoms with van der Waals surface area (Å²) in [5.74, 6) is -0.0290. The van der Waals surface area contributed by atoms with Gasteiger partial charge in [0.05, 0.1) is 25.6 Å². The van der Waals surface area contributed by atoms with E-state index >= 15 is 0 Å². The van der Waals surface area contributed by atoms with E-state index in [1.54, 1.807) is 0 Å². The molecule has 1 saturated heterocycles. The number of amides is 1. The van der Waals surface area contributed by atoms with E-state index < -0.39 is 0 Å². The molecule has 0 aromatic rings. The summed E-state index contributed by atoms with van der Waals surface area (Å²) in [5.41, 5.74) is 0. The Morgan fingerprint density at radius 3 is 2.50 bits per heavy atom. The summed E-state index contributed by atoms with van der Waals surface area (Å²) in [4.78, 5) is 23.4. The van der Waals surface area contributed by atoms with Crippen LogP contribution in [0.2, 0.25) is 0 Å². The van der Waals surface area contributed by atoms with Crippen LogP contribution >= 0.6 is 0 Å². The van der Waals surface area contributed by atoms with Crippen LogP contribution < -0.4 is 5.32 Å². The topological polar surface area (TPSA) is 64.6 Å². The van der Waals surface area contributed by atoms with Gasteiger partial charge in [-0.2, -0.15) is 0 Å². The van der Waals surface area contributed by atoms with Crippen LogP contribution in [0.5, 0.6) is 0 Å². The first-order chi connectivity index (χ1) is 9.69. The standard InChI is InChI=1S/C15H25NO4/c1-19-15(18)11-5-7-12(8-6-11)16-14(17)10-13-4-2-3-9-20-13/h11-13H,2-10H2,1H3,(H,16,17). The zero-order valence-electron chi connectivity index (χ0n) is 12.2. The van der Waals surface area contributed by atoms with Gasteiger partial charge in [0, 0.05) is 12.6 Å². The second-order valence-electron chi connectivity index (χ2n) is 5.83. The molecule has 5 nitrogen and oxygen atoms in total. The van der Waals surface area contributed by atoms with Gasteiger partial charge in [0.1, 0.15) is 0 Å². The first-order valence-corrected chi connectivity index (χ1v) is 7.68. The lowest BCUT2D eigenvalue weighted by Gasteiger charge is -2.28. The molecular weight excluding hydrogens is 258 g/mol. The van der Waals surface area contributed by atoms with Crippen molar-refractivity contribution in [3.05, 3.63) is 0 Å². The van der Waals surface area contributed by atoms with Gasteiger partial charge in [0.25, 0.3) is 0 Å². The first-order valence-electron chi connectivity index (χ1n) is 7.68. The number of methoxy groups -OCH3 is 1. The Balaban J connectivity index is 1.66. The largest absolute Gasteiger partial charge is 0.469 e. The van der Waals surface area contributed by atoms with Crippen molar-refractivity contribution in [3.63, 3.8) is 0 Å². The molecule has 114 valence electrons. The quantitative estimate of drug-likeness (QED) is 0.799. The molecule has 1 N–H and O–H groups in total. The molecule has 20 heavy (non-hydrogen) atoms. The van der Waals surface area contributed by atoms with E-state index in [0.29, 0.717) is 6.42 Å². The maximum atomic E-state index is 12.0. The Labute approximate surface area is 120 Å². The number of hydrogen-bond acceptors (Lipinski definition) is 4. The highest BCUT2D eigenvalue weighted by atomic mass is 16.5. The van der Waals surface area contributed by atoms with Gasteiger partial charge in [-0.05, 0) is 44.9 Å². The van der Waals surface area contributed by atoms with E-state index in [1.807, 2.05) is 0 Å². The monoisotopic (exact) mass is 283 g/mol. The molecule has 1 unspecified atom stereocenters. The van der Waals surface area contributed by atoms with E-state index in [2.05, 4.69) is 5.32 Å². The predicted octanol–water partition coefficient (Wildman–Crippen LogP) is 1.79. The number of nitrogens with one attached hydrogen (secondary N) is 1. The fourth-order valence-electron chi connectivity index (χ4n) is 3.10. The van der Waals surface area contributed by atoms with Crippen LogP contribution in [0.15, 0.2) is 0 Å². The Hall–Kier alpha value is -1.10.